The van der Waals surface area contributed by atoms with Crippen molar-refractivity contribution in [3.05, 3.63) is 76.4 Å². The molecule has 32 heavy (non-hydrogen) atoms. The number of carbonyl (C=O) groups excluding carboxylic acids is 1. The largest absolute Gasteiger partial charge is 0.497 e. The van der Waals surface area contributed by atoms with E-state index in [1.165, 1.54) is 12.3 Å². The lowest BCUT2D eigenvalue weighted by Crippen LogP contribution is -2.37. The Bertz CT molecular complexity index is 1270. The summed E-state index contributed by atoms with van der Waals surface area (Å²) in [4.78, 5) is 25.6. The van der Waals surface area contributed by atoms with Gasteiger partial charge in [-0.15, -0.1) is 0 Å². The molecule has 0 radical (unpaired) electrons. The Morgan fingerprint density at radius 2 is 1.97 bits per heavy atom. The van der Waals surface area contributed by atoms with E-state index in [0.717, 1.165) is 16.0 Å². The van der Waals surface area contributed by atoms with Crippen molar-refractivity contribution < 1.29 is 18.5 Å². The third-order valence-electron chi connectivity index (χ3n) is 4.98. The molecule has 0 saturated heterocycles. The average molecular weight is 434 g/mol. The van der Waals surface area contributed by atoms with Crippen molar-refractivity contribution in [1.29, 1.82) is 0 Å². The fourth-order valence-electron chi connectivity index (χ4n) is 3.21. The molecule has 0 spiro atoms. The molecule has 0 saturated carbocycles. The molecule has 9 nitrogen and oxygen atoms in total. The second kappa shape index (κ2) is 8.93. The van der Waals surface area contributed by atoms with E-state index < -0.39 is 11.6 Å². The number of hydrogen-bond acceptors (Lipinski definition) is 7. The molecule has 0 aliphatic rings. The van der Waals surface area contributed by atoms with Crippen molar-refractivity contribution in [3.63, 3.8) is 0 Å². The molecule has 4 rings (SSSR count). The molecule has 0 aliphatic carbocycles. The van der Waals surface area contributed by atoms with E-state index in [9.17, 15) is 9.59 Å². The van der Waals surface area contributed by atoms with E-state index in [4.69, 9.17) is 13.7 Å². The van der Waals surface area contributed by atoms with E-state index >= 15 is 0 Å². The maximum Gasteiger partial charge on any atom is 0.268 e. The zero-order valence-corrected chi connectivity index (χ0v) is 17.9. The van der Waals surface area contributed by atoms with Crippen LogP contribution in [0.5, 0.6) is 5.75 Å². The molecule has 0 bridgehead atoms. The number of methoxy groups -OCH3 is 1. The van der Waals surface area contributed by atoms with Crippen molar-refractivity contribution in [2.75, 3.05) is 7.11 Å². The van der Waals surface area contributed by atoms with Gasteiger partial charge in [0.1, 0.15) is 17.5 Å². The number of nitrogens with one attached hydrogen (secondary N) is 1. The number of benzene rings is 1. The van der Waals surface area contributed by atoms with E-state index in [-0.39, 0.29) is 5.91 Å². The minimum atomic E-state index is -0.847. The zero-order chi connectivity index (χ0) is 22.7. The number of amides is 1. The van der Waals surface area contributed by atoms with Gasteiger partial charge < -0.3 is 19.0 Å². The summed E-state index contributed by atoms with van der Waals surface area (Å²) in [6.45, 7) is 3.70. The van der Waals surface area contributed by atoms with E-state index in [1.807, 2.05) is 24.3 Å². The predicted octanol–water partition coefficient (Wildman–Crippen LogP) is 3.35. The number of aryl methyl sites for hydroxylation is 1. The third kappa shape index (κ3) is 4.31. The lowest BCUT2D eigenvalue weighted by atomic mass is 10.1. The fourth-order valence-corrected chi connectivity index (χ4v) is 3.21. The molecule has 164 valence electrons. The Hall–Kier alpha value is -4.14. The molecular formula is C23H22N4O5. The molecule has 0 aliphatic heterocycles. The van der Waals surface area contributed by atoms with Gasteiger partial charge in [-0.3, -0.25) is 9.59 Å². The number of ether oxygens (including phenoxy) is 1. The highest BCUT2D eigenvalue weighted by atomic mass is 16.5. The first kappa shape index (κ1) is 21.1. The maximum atomic E-state index is 12.8. The predicted molar refractivity (Wildman–Crippen MR) is 116 cm³/mol. The second-order valence-electron chi connectivity index (χ2n) is 7.24. The number of aromatic nitrogens is 3. The summed E-state index contributed by atoms with van der Waals surface area (Å²) in [5.41, 5.74) is 1.93. The molecular weight excluding hydrogens is 412 g/mol. The van der Waals surface area contributed by atoms with Crippen LogP contribution in [0.1, 0.15) is 24.2 Å². The van der Waals surface area contributed by atoms with Crippen molar-refractivity contribution in [3.8, 4) is 28.5 Å². The first-order valence-electron chi connectivity index (χ1n) is 9.98. The number of rotatable bonds is 7. The minimum Gasteiger partial charge on any atom is -0.497 e. The van der Waals surface area contributed by atoms with Gasteiger partial charge in [0, 0.05) is 18.7 Å². The SMILES string of the molecule is COc1ccc(CNC(=O)C(C)n2nc(-c3ccco3)c(-c3cc(C)no3)cc2=O)cc1. The molecule has 3 heterocycles. The van der Waals surface area contributed by atoms with Crippen LogP contribution in [-0.2, 0) is 11.3 Å². The number of carbonyl (C=O) groups is 1. The Morgan fingerprint density at radius 3 is 2.59 bits per heavy atom. The van der Waals surface area contributed by atoms with Crippen LogP contribution in [0.3, 0.4) is 0 Å². The normalized spacial score (nSPS) is 11.8. The molecule has 1 unspecified atom stereocenters. The van der Waals surface area contributed by atoms with E-state index in [1.54, 1.807) is 39.2 Å². The van der Waals surface area contributed by atoms with Crippen LogP contribution in [0.4, 0.5) is 0 Å². The molecule has 0 fully saturated rings. The molecule has 4 aromatic rings. The molecule has 1 amide bonds. The second-order valence-corrected chi connectivity index (χ2v) is 7.24. The first-order chi connectivity index (χ1) is 15.5. The highest BCUT2D eigenvalue weighted by Gasteiger charge is 2.23. The van der Waals surface area contributed by atoms with Gasteiger partial charge in [0.2, 0.25) is 5.91 Å². The van der Waals surface area contributed by atoms with Crippen LogP contribution < -0.4 is 15.6 Å². The molecule has 9 heteroatoms. The zero-order valence-electron chi connectivity index (χ0n) is 17.9. The van der Waals surface area contributed by atoms with Gasteiger partial charge in [-0.1, -0.05) is 17.3 Å². The molecule has 3 aromatic heterocycles. The van der Waals surface area contributed by atoms with E-state index in [0.29, 0.717) is 35.0 Å². The summed E-state index contributed by atoms with van der Waals surface area (Å²) < 4.78 is 17.1. The van der Waals surface area contributed by atoms with E-state index in [2.05, 4.69) is 15.6 Å². The van der Waals surface area contributed by atoms with Gasteiger partial charge in [0.15, 0.2) is 11.5 Å². The van der Waals surface area contributed by atoms with Gasteiger partial charge in [-0.25, -0.2) is 4.68 Å². The number of nitrogens with zero attached hydrogens (tertiary/aromatic N) is 3. The standard InChI is InChI=1S/C23H22N4O5/c1-14-11-20(32-26-14)18-12-21(28)27(25-22(18)19-5-4-10-31-19)15(2)23(29)24-13-16-6-8-17(30-3)9-7-16/h4-12,15H,13H2,1-3H3,(H,24,29). The molecule has 1 atom stereocenters. The maximum absolute atomic E-state index is 12.8. The van der Waals surface area contributed by atoms with Crippen LogP contribution in [0, 0.1) is 6.92 Å². The molecule has 1 aromatic carbocycles. The number of hydrogen-bond donors (Lipinski definition) is 1. The van der Waals surface area contributed by atoms with Gasteiger partial charge in [0.05, 0.1) is 24.6 Å². The summed E-state index contributed by atoms with van der Waals surface area (Å²) in [6.07, 6.45) is 1.51. The summed E-state index contributed by atoms with van der Waals surface area (Å²) in [7, 11) is 1.59. The third-order valence-corrected chi connectivity index (χ3v) is 4.98. The lowest BCUT2D eigenvalue weighted by molar-refractivity contribution is -0.124. The average Bonchev–Trinajstić information content (AvgIpc) is 3.49. The van der Waals surface area contributed by atoms with Crippen LogP contribution in [0.2, 0.25) is 0 Å². The Morgan fingerprint density at radius 1 is 1.19 bits per heavy atom. The quantitative estimate of drug-likeness (QED) is 0.475. The van der Waals surface area contributed by atoms with Crippen molar-refractivity contribution in [1.82, 2.24) is 20.3 Å². The Labute approximate surface area is 183 Å². The summed E-state index contributed by atoms with van der Waals surface area (Å²) in [6, 6.07) is 13.0. The minimum absolute atomic E-state index is 0.308. The Balaban J connectivity index is 1.61. The fraction of sp³-hybridized carbons (Fsp3) is 0.217. The van der Waals surface area contributed by atoms with Gasteiger partial charge in [-0.2, -0.15) is 5.10 Å². The van der Waals surface area contributed by atoms with Crippen molar-refractivity contribution in [2.24, 2.45) is 0 Å². The number of furan rings is 1. The monoisotopic (exact) mass is 434 g/mol. The van der Waals surface area contributed by atoms with Gasteiger partial charge in [-0.05, 0) is 43.7 Å². The van der Waals surface area contributed by atoms with Crippen LogP contribution >= 0.6 is 0 Å². The summed E-state index contributed by atoms with van der Waals surface area (Å²) >= 11 is 0. The van der Waals surface area contributed by atoms with Gasteiger partial charge in [0.25, 0.3) is 5.56 Å². The lowest BCUT2D eigenvalue weighted by Gasteiger charge is -2.16. The summed E-state index contributed by atoms with van der Waals surface area (Å²) in [5, 5.41) is 11.2. The molecule has 1 N–H and O–H groups in total. The topological polar surface area (TPSA) is 112 Å². The van der Waals surface area contributed by atoms with Crippen LogP contribution in [0.25, 0.3) is 22.8 Å². The highest BCUT2D eigenvalue weighted by molar-refractivity contribution is 5.80. The van der Waals surface area contributed by atoms with Gasteiger partial charge >= 0.3 is 0 Å². The van der Waals surface area contributed by atoms with Crippen molar-refractivity contribution in [2.45, 2.75) is 26.4 Å². The first-order valence-corrected chi connectivity index (χ1v) is 9.98. The smallest absolute Gasteiger partial charge is 0.268 e. The van der Waals surface area contributed by atoms with Crippen LogP contribution in [0.15, 0.2) is 68.5 Å². The Kier molecular flexibility index (Phi) is 5.89. The van der Waals surface area contributed by atoms with Crippen molar-refractivity contribution >= 4 is 5.91 Å². The summed E-state index contributed by atoms with van der Waals surface area (Å²) in [5.74, 6) is 1.22. The highest BCUT2D eigenvalue weighted by Crippen LogP contribution is 2.30. The van der Waals surface area contributed by atoms with Crippen LogP contribution in [-0.4, -0.2) is 28.0 Å².